The Bertz CT molecular complexity index is 460. The number of pyridine rings is 1. The summed E-state index contributed by atoms with van der Waals surface area (Å²) in [4.78, 5) is 16.7. The summed E-state index contributed by atoms with van der Waals surface area (Å²) >= 11 is 0. The predicted octanol–water partition coefficient (Wildman–Crippen LogP) is 0.334. The Hall–Kier alpha value is -1.33. The number of anilines is 1. The van der Waals surface area contributed by atoms with Gasteiger partial charge in [-0.3, -0.25) is 4.79 Å². The smallest absolute Gasteiger partial charge is 0.271 e. The Labute approximate surface area is 106 Å². The summed E-state index contributed by atoms with van der Waals surface area (Å²) in [5.74, 6) is 0. The first-order valence-corrected chi connectivity index (χ1v) is 6.56. The maximum atomic E-state index is 11.8. The number of nitrogens with zero attached hydrogens (tertiary/aromatic N) is 1. The average Bonchev–Trinajstić information content (AvgIpc) is 2.40. The summed E-state index contributed by atoms with van der Waals surface area (Å²) in [6.45, 7) is 4.32. The first kappa shape index (κ1) is 11.7. The molecule has 1 aromatic rings. The number of aromatic nitrogens is 1. The minimum atomic E-state index is -0.0637. The molecule has 5 nitrogen and oxygen atoms in total. The van der Waals surface area contributed by atoms with E-state index in [1.165, 1.54) is 0 Å². The van der Waals surface area contributed by atoms with Crippen molar-refractivity contribution in [2.24, 2.45) is 0 Å². The third-order valence-electron chi connectivity index (χ3n) is 3.90. The van der Waals surface area contributed by atoms with E-state index in [0.717, 1.165) is 44.7 Å². The van der Waals surface area contributed by atoms with Crippen LogP contribution in [0, 0.1) is 0 Å². The molecule has 0 aromatic carbocycles. The van der Waals surface area contributed by atoms with Gasteiger partial charge in [-0.05, 0) is 38.1 Å². The van der Waals surface area contributed by atoms with Gasteiger partial charge < -0.3 is 19.9 Å². The van der Waals surface area contributed by atoms with Crippen molar-refractivity contribution in [3.63, 3.8) is 0 Å². The van der Waals surface area contributed by atoms with Crippen molar-refractivity contribution >= 4 is 5.69 Å². The first-order chi connectivity index (χ1) is 8.79. The molecule has 0 atom stereocenters. The normalized spacial score (nSPS) is 23.2. The first-order valence-electron chi connectivity index (χ1n) is 6.56. The van der Waals surface area contributed by atoms with Crippen molar-refractivity contribution in [2.45, 2.75) is 18.4 Å². The molecule has 3 rings (SSSR count). The zero-order chi connectivity index (χ0) is 12.4. The van der Waals surface area contributed by atoms with E-state index in [1.54, 1.807) is 6.20 Å². The maximum Gasteiger partial charge on any atom is 0.271 e. The van der Waals surface area contributed by atoms with Gasteiger partial charge >= 0.3 is 0 Å². The van der Waals surface area contributed by atoms with E-state index in [-0.39, 0.29) is 11.2 Å². The van der Waals surface area contributed by atoms with Gasteiger partial charge in [0.2, 0.25) is 0 Å². The van der Waals surface area contributed by atoms with Crippen LogP contribution in [0.5, 0.6) is 0 Å². The van der Waals surface area contributed by atoms with Crippen LogP contribution < -0.4 is 15.8 Å². The Morgan fingerprint density at radius 3 is 2.94 bits per heavy atom. The molecule has 2 aliphatic heterocycles. The van der Waals surface area contributed by atoms with Crippen LogP contribution in [0.3, 0.4) is 0 Å². The topological polar surface area (TPSA) is 57.4 Å². The van der Waals surface area contributed by atoms with Crippen LogP contribution in [0.2, 0.25) is 0 Å². The highest BCUT2D eigenvalue weighted by Gasteiger charge is 2.38. The third-order valence-corrected chi connectivity index (χ3v) is 3.90. The molecule has 2 aliphatic rings. The second kappa shape index (κ2) is 4.74. The number of H-pyrrole nitrogens is 1. The van der Waals surface area contributed by atoms with Crippen molar-refractivity contribution in [3.8, 4) is 0 Å². The molecular weight excluding hydrogens is 230 g/mol. The third kappa shape index (κ3) is 2.15. The fourth-order valence-corrected chi connectivity index (χ4v) is 2.90. The van der Waals surface area contributed by atoms with Gasteiger partial charge in [-0.25, -0.2) is 0 Å². The summed E-state index contributed by atoms with van der Waals surface area (Å²) in [6, 6.07) is 3.76. The Kier molecular flexibility index (Phi) is 3.09. The molecule has 0 unspecified atom stereocenters. The van der Waals surface area contributed by atoms with Crippen LogP contribution in [-0.4, -0.2) is 43.4 Å². The van der Waals surface area contributed by atoms with Crippen molar-refractivity contribution in [1.29, 1.82) is 0 Å². The van der Waals surface area contributed by atoms with Gasteiger partial charge in [-0.15, -0.1) is 0 Å². The number of ether oxygens (including phenoxy) is 1. The van der Waals surface area contributed by atoms with Crippen LogP contribution in [0.15, 0.2) is 23.1 Å². The number of piperidine rings is 1. The van der Waals surface area contributed by atoms with E-state index in [4.69, 9.17) is 4.74 Å². The lowest BCUT2D eigenvalue weighted by molar-refractivity contribution is -0.0739. The second-order valence-corrected chi connectivity index (χ2v) is 5.09. The molecule has 2 fully saturated rings. The standard InChI is InChI=1S/C13H19N3O2/c17-12-11(2-1-5-15-12)16-8-9-18-13(10-16)3-6-14-7-4-13/h1-2,5,14H,3-4,6-10H2,(H,15,17). The summed E-state index contributed by atoms with van der Waals surface area (Å²) in [5, 5.41) is 3.36. The fraction of sp³-hybridized carbons (Fsp3) is 0.615. The van der Waals surface area contributed by atoms with Gasteiger partial charge in [0, 0.05) is 19.3 Å². The van der Waals surface area contributed by atoms with Crippen molar-refractivity contribution in [3.05, 3.63) is 28.7 Å². The molecule has 0 bridgehead atoms. The molecule has 1 aromatic heterocycles. The number of hydrogen-bond acceptors (Lipinski definition) is 4. The minimum Gasteiger partial charge on any atom is -0.371 e. The largest absolute Gasteiger partial charge is 0.371 e. The Morgan fingerprint density at radius 2 is 2.17 bits per heavy atom. The van der Waals surface area contributed by atoms with Gasteiger partial charge in [0.05, 0.1) is 12.2 Å². The summed E-state index contributed by atoms with van der Waals surface area (Å²) < 4.78 is 6.00. The van der Waals surface area contributed by atoms with Gasteiger partial charge in [-0.2, -0.15) is 0 Å². The molecule has 3 heterocycles. The van der Waals surface area contributed by atoms with E-state index < -0.39 is 0 Å². The molecule has 18 heavy (non-hydrogen) atoms. The van der Waals surface area contributed by atoms with Gasteiger partial charge in [0.1, 0.15) is 5.69 Å². The number of nitrogens with one attached hydrogen (secondary N) is 2. The highest BCUT2D eigenvalue weighted by Crippen LogP contribution is 2.28. The Balaban J connectivity index is 1.82. The average molecular weight is 249 g/mol. The van der Waals surface area contributed by atoms with E-state index >= 15 is 0 Å². The van der Waals surface area contributed by atoms with Crippen LogP contribution in [0.1, 0.15) is 12.8 Å². The molecule has 5 heteroatoms. The second-order valence-electron chi connectivity index (χ2n) is 5.09. The zero-order valence-corrected chi connectivity index (χ0v) is 10.4. The lowest BCUT2D eigenvalue weighted by Crippen LogP contribution is -2.57. The molecule has 1 spiro atoms. The summed E-state index contributed by atoms with van der Waals surface area (Å²) in [6.07, 6.45) is 3.72. The van der Waals surface area contributed by atoms with E-state index in [2.05, 4.69) is 15.2 Å². The molecule has 2 N–H and O–H groups in total. The van der Waals surface area contributed by atoms with Crippen LogP contribution >= 0.6 is 0 Å². The summed E-state index contributed by atoms with van der Waals surface area (Å²) in [7, 11) is 0. The fourth-order valence-electron chi connectivity index (χ4n) is 2.90. The molecule has 2 saturated heterocycles. The highest BCUT2D eigenvalue weighted by atomic mass is 16.5. The van der Waals surface area contributed by atoms with Crippen LogP contribution in [0.25, 0.3) is 0 Å². The van der Waals surface area contributed by atoms with Crippen LogP contribution in [-0.2, 0) is 4.74 Å². The number of hydrogen-bond donors (Lipinski definition) is 2. The van der Waals surface area contributed by atoms with Crippen molar-refractivity contribution in [2.75, 3.05) is 37.7 Å². The summed E-state index contributed by atoms with van der Waals surface area (Å²) in [5.41, 5.74) is 0.688. The van der Waals surface area contributed by atoms with E-state index in [0.29, 0.717) is 6.61 Å². The quantitative estimate of drug-likeness (QED) is 0.753. The number of morpholine rings is 1. The SMILES string of the molecule is O=c1[nH]cccc1N1CCOC2(CCNCC2)C1. The monoisotopic (exact) mass is 249 g/mol. The lowest BCUT2D eigenvalue weighted by Gasteiger charge is -2.45. The Morgan fingerprint density at radius 1 is 1.33 bits per heavy atom. The van der Waals surface area contributed by atoms with Crippen molar-refractivity contribution < 1.29 is 4.74 Å². The molecule has 98 valence electrons. The molecular formula is C13H19N3O2. The zero-order valence-electron chi connectivity index (χ0n) is 10.4. The molecule has 0 saturated carbocycles. The maximum absolute atomic E-state index is 11.8. The van der Waals surface area contributed by atoms with E-state index in [1.807, 2.05) is 12.1 Å². The molecule has 0 radical (unpaired) electrons. The van der Waals surface area contributed by atoms with Crippen LogP contribution in [0.4, 0.5) is 5.69 Å². The minimum absolute atomic E-state index is 0.0107. The van der Waals surface area contributed by atoms with Crippen molar-refractivity contribution in [1.82, 2.24) is 10.3 Å². The number of aromatic amines is 1. The predicted molar refractivity (Wildman–Crippen MR) is 70.1 cm³/mol. The number of rotatable bonds is 1. The van der Waals surface area contributed by atoms with E-state index in [9.17, 15) is 4.79 Å². The highest BCUT2D eigenvalue weighted by molar-refractivity contribution is 5.44. The van der Waals surface area contributed by atoms with Gasteiger partial charge in [-0.1, -0.05) is 0 Å². The van der Waals surface area contributed by atoms with Gasteiger partial charge in [0.25, 0.3) is 5.56 Å². The van der Waals surface area contributed by atoms with Gasteiger partial charge in [0.15, 0.2) is 0 Å². The lowest BCUT2D eigenvalue weighted by atomic mass is 9.90. The molecule has 0 amide bonds. The molecule has 0 aliphatic carbocycles.